The van der Waals surface area contributed by atoms with Gasteiger partial charge in [-0.25, -0.2) is 4.85 Å². The van der Waals surface area contributed by atoms with Crippen molar-refractivity contribution in [3.63, 3.8) is 0 Å². The van der Waals surface area contributed by atoms with E-state index in [0.29, 0.717) is 29.2 Å². The minimum Gasteiger partial charge on any atom is -0.355 e. The largest absolute Gasteiger partial charge is 0.407 e. The molecule has 0 bridgehead atoms. The zero-order valence-electron chi connectivity index (χ0n) is 14.3. The summed E-state index contributed by atoms with van der Waals surface area (Å²) in [5.41, 5.74) is -2.32. The Morgan fingerprint density at radius 3 is 2.46 bits per heavy atom. The van der Waals surface area contributed by atoms with Crippen molar-refractivity contribution < 1.29 is 30.9 Å². The predicted molar refractivity (Wildman–Crippen MR) is 85.5 cm³/mol. The third-order valence-corrected chi connectivity index (χ3v) is 4.14. The minimum atomic E-state index is -4.87. The lowest BCUT2D eigenvalue weighted by molar-refractivity contribution is -0.136. The Labute approximate surface area is 155 Å². The van der Waals surface area contributed by atoms with Crippen molar-refractivity contribution in [2.45, 2.75) is 38.2 Å². The molecular weight excluding hydrogens is 390 g/mol. The number of hydrogen-bond donors (Lipinski definition) is 0. The Morgan fingerprint density at radius 1 is 1.18 bits per heavy atom. The highest BCUT2D eigenvalue weighted by atomic mass is 19.4. The zero-order valence-corrected chi connectivity index (χ0v) is 14.3. The smallest absolute Gasteiger partial charge is 0.355 e. The number of nitrogens with zero attached hydrogens (tertiary/aromatic N) is 4. The maximum absolute atomic E-state index is 13.2. The average Bonchev–Trinajstić information content (AvgIpc) is 3.29. The van der Waals surface area contributed by atoms with Crippen molar-refractivity contribution >= 4 is 11.4 Å². The number of rotatable bonds is 6. The third kappa shape index (κ3) is 5.15. The van der Waals surface area contributed by atoms with Crippen LogP contribution < -0.4 is 4.90 Å². The van der Waals surface area contributed by atoms with Crippen LogP contribution in [0.25, 0.3) is 4.85 Å². The lowest BCUT2D eigenvalue weighted by Crippen LogP contribution is -2.34. The summed E-state index contributed by atoms with van der Waals surface area (Å²) in [5.74, 6) is 0.668. The van der Waals surface area contributed by atoms with E-state index in [1.807, 2.05) is 0 Å². The highest BCUT2D eigenvalue weighted by molar-refractivity contribution is 5.62. The number of anilines is 1. The quantitative estimate of drug-likeness (QED) is 0.493. The molecule has 5 nitrogen and oxygen atoms in total. The molecule has 0 radical (unpaired) electrons. The van der Waals surface area contributed by atoms with Crippen LogP contribution in [0.5, 0.6) is 0 Å². The van der Waals surface area contributed by atoms with Crippen molar-refractivity contribution in [1.29, 1.82) is 0 Å². The Balaban J connectivity index is 1.89. The van der Waals surface area contributed by atoms with Crippen molar-refractivity contribution in [3.05, 3.63) is 46.9 Å². The minimum absolute atomic E-state index is 0.0530. The first-order chi connectivity index (χ1) is 13.0. The van der Waals surface area contributed by atoms with Crippen molar-refractivity contribution in [1.82, 2.24) is 10.1 Å². The molecule has 0 saturated heterocycles. The van der Waals surface area contributed by atoms with Gasteiger partial charge in [-0.2, -0.15) is 31.3 Å². The van der Waals surface area contributed by atoms with Crippen LogP contribution in [-0.4, -0.2) is 22.9 Å². The summed E-state index contributed by atoms with van der Waals surface area (Å²) in [6.45, 7) is 4.84. The lowest BCUT2D eigenvalue weighted by atomic mass is 10.1. The molecule has 0 spiro atoms. The van der Waals surface area contributed by atoms with Gasteiger partial charge >= 0.3 is 12.4 Å². The molecule has 0 atom stereocenters. The van der Waals surface area contributed by atoms with Crippen LogP contribution in [0.4, 0.5) is 37.7 Å². The highest BCUT2D eigenvalue weighted by Gasteiger charge is 2.36. The van der Waals surface area contributed by atoms with E-state index in [-0.39, 0.29) is 11.5 Å². The van der Waals surface area contributed by atoms with Gasteiger partial charge < -0.3 is 9.42 Å². The van der Waals surface area contributed by atoms with E-state index in [0.717, 1.165) is 25.0 Å². The first kappa shape index (κ1) is 20.0. The second kappa shape index (κ2) is 7.33. The van der Waals surface area contributed by atoms with E-state index in [9.17, 15) is 26.3 Å². The lowest BCUT2D eigenvalue weighted by Gasteiger charge is -2.25. The number of alkyl halides is 6. The van der Waals surface area contributed by atoms with E-state index >= 15 is 0 Å². The molecule has 0 amide bonds. The standard InChI is InChI=1S/C17H14F6N4O/c1-24-13-5-4-11(7-12(13)17(21,22)23)27(9-16(18,19)20)8-14-25-15(28-26-14)6-10-2-3-10/h4-5,7,10H,2-3,6,8-9H2. The zero-order chi connectivity index (χ0) is 20.5. The third-order valence-electron chi connectivity index (χ3n) is 4.14. The predicted octanol–water partition coefficient (Wildman–Crippen LogP) is 5.16. The molecule has 1 aliphatic rings. The van der Waals surface area contributed by atoms with Gasteiger partial charge in [-0.05, 0) is 30.9 Å². The Bertz CT molecular complexity index is 879. The molecule has 0 unspecified atom stereocenters. The number of hydrogen-bond acceptors (Lipinski definition) is 4. The van der Waals surface area contributed by atoms with Gasteiger partial charge in [0.25, 0.3) is 0 Å². The molecule has 150 valence electrons. The molecule has 2 aromatic rings. The van der Waals surface area contributed by atoms with Crippen molar-refractivity contribution in [3.8, 4) is 0 Å². The highest BCUT2D eigenvalue weighted by Crippen LogP contribution is 2.39. The summed E-state index contributed by atoms with van der Waals surface area (Å²) in [6.07, 6.45) is -6.97. The van der Waals surface area contributed by atoms with E-state index in [1.54, 1.807) is 0 Å². The summed E-state index contributed by atoms with van der Waals surface area (Å²) < 4.78 is 83.4. The summed E-state index contributed by atoms with van der Waals surface area (Å²) in [5, 5.41) is 3.63. The number of benzene rings is 1. The summed E-state index contributed by atoms with van der Waals surface area (Å²) >= 11 is 0. The molecule has 11 heteroatoms. The molecule has 1 aromatic heterocycles. The monoisotopic (exact) mass is 404 g/mol. The summed E-state index contributed by atoms with van der Waals surface area (Å²) in [7, 11) is 0. The van der Waals surface area contributed by atoms with Crippen molar-refractivity contribution in [2.24, 2.45) is 5.92 Å². The molecule has 1 aromatic carbocycles. The molecular formula is C17H14F6N4O. The van der Waals surface area contributed by atoms with Gasteiger partial charge in [0, 0.05) is 12.1 Å². The second-order valence-electron chi connectivity index (χ2n) is 6.53. The Kier molecular flexibility index (Phi) is 5.23. The van der Waals surface area contributed by atoms with Crippen LogP contribution in [0.1, 0.15) is 30.1 Å². The Morgan fingerprint density at radius 2 is 1.89 bits per heavy atom. The van der Waals surface area contributed by atoms with Gasteiger partial charge in [-0.3, -0.25) is 0 Å². The van der Waals surface area contributed by atoms with Gasteiger partial charge in [-0.1, -0.05) is 11.2 Å². The van der Waals surface area contributed by atoms with Crippen LogP contribution in [0, 0.1) is 12.5 Å². The maximum Gasteiger partial charge on any atom is 0.407 e. The van der Waals surface area contributed by atoms with E-state index in [2.05, 4.69) is 15.0 Å². The molecule has 3 rings (SSSR count). The SMILES string of the molecule is [C-]#[N+]c1ccc(N(Cc2noc(CC3CC3)n2)CC(F)(F)F)cc1C(F)(F)F. The van der Waals surface area contributed by atoms with Gasteiger partial charge in [0.1, 0.15) is 6.54 Å². The molecule has 1 fully saturated rings. The van der Waals surface area contributed by atoms with Gasteiger partial charge in [0.05, 0.1) is 18.7 Å². The summed E-state index contributed by atoms with van der Waals surface area (Å²) in [6, 6.07) is 2.42. The topological polar surface area (TPSA) is 46.5 Å². The van der Waals surface area contributed by atoms with Gasteiger partial charge in [0.15, 0.2) is 11.5 Å². The number of halogens is 6. The van der Waals surface area contributed by atoms with Crippen LogP contribution in [-0.2, 0) is 19.1 Å². The van der Waals surface area contributed by atoms with E-state index in [4.69, 9.17) is 11.1 Å². The first-order valence-corrected chi connectivity index (χ1v) is 8.27. The fourth-order valence-corrected chi connectivity index (χ4v) is 2.68. The molecule has 1 aliphatic carbocycles. The van der Waals surface area contributed by atoms with E-state index < -0.39 is 36.7 Å². The fraction of sp³-hybridized carbons (Fsp3) is 0.471. The number of aromatic nitrogens is 2. The van der Waals surface area contributed by atoms with E-state index in [1.165, 1.54) is 0 Å². The van der Waals surface area contributed by atoms with Crippen LogP contribution in [0.3, 0.4) is 0 Å². The van der Waals surface area contributed by atoms with Gasteiger partial charge in [-0.15, -0.1) is 0 Å². The molecule has 0 N–H and O–H groups in total. The van der Waals surface area contributed by atoms with Gasteiger partial charge in [0.2, 0.25) is 5.89 Å². The second-order valence-corrected chi connectivity index (χ2v) is 6.53. The first-order valence-electron chi connectivity index (χ1n) is 8.27. The van der Waals surface area contributed by atoms with Crippen molar-refractivity contribution in [2.75, 3.05) is 11.4 Å². The molecule has 0 aliphatic heterocycles. The average molecular weight is 404 g/mol. The summed E-state index contributed by atoms with van der Waals surface area (Å²) in [4.78, 5) is 7.49. The molecule has 1 saturated carbocycles. The normalized spacial score (nSPS) is 14.8. The maximum atomic E-state index is 13.2. The Hall–Kier alpha value is -2.77. The molecule has 28 heavy (non-hydrogen) atoms. The van der Waals surface area contributed by atoms with Crippen LogP contribution >= 0.6 is 0 Å². The molecule has 1 heterocycles. The fourth-order valence-electron chi connectivity index (χ4n) is 2.68. The van der Waals surface area contributed by atoms with Crippen LogP contribution in [0.15, 0.2) is 22.7 Å². The van der Waals surface area contributed by atoms with Crippen LogP contribution in [0.2, 0.25) is 0 Å².